The molecule has 2 aliphatic rings. The number of aromatic nitrogens is 1. The molecule has 2 atom stereocenters. The maximum atomic E-state index is 13.3. The first-order valence-electron chi connectivity index (χ1n) is 11.9. The van der Waals surface area contributed by atoms with Crippen molar-refractivity contribution in [1.82, 2.24) is 9.47 Å². The number of esters is 1. The van der Waals surface area contributed by atoms with Crippen molar-refractivity contribution in [1.29, 1.82) is 0 Å². The van der Waals surface area contributed by atoms with Gasteiger partial charge in [0, 0.05) is 44.0 Å². The highest BCUT2D eigenvalue weighted by atomic mass is 16.5. The summed E-state index contributed by atoms with van der Waals surface area (Å²) in [6.45, 7) is 6.00. The number of para-hydroxylation sites is 1. The predicted octanol–water partition coefficient (Wildman–Crippen LogP) is 4.00. The van der Waals surface area contributed by atoms with E-state index in [2.05, 4.69) is 19.9 Å². The van der Waals surface area contributed by atoms with E-state index in [0.29, 0.717) is 31.2 Å². The van der Waals surface area contributed by atoms with Crippen molar-refractivity contribution in [3.8, 4) is 0 Å². The number of ether oxygens (including phenoxy) is 1. The van der Waals surface area contributed by atoms with Gasteiger partial charge in [-0.2, -0.15) is 0 Å². The monoisotopic (exact) mass is 451 g/mol. The zero-order chi connectivity index (χ0) is 23.5. The number of nitrogens with zero attached hydrogens (tertiary/aromatic N) is 3. The third-order valence-corrected chi connectivity index (χ3v) is 7.19. The smallest absolute Gasteiger partial charge is 0.354 e. The van der Waals surface area contributed by atoms with E-state index in [0.717, 1.165) is 30.5 Å². The molecule has 2 aromatic rings. The average molecular weight is 452 g/mol. The van der Waals surface area contributed by atoms with Crippen molar-refractivity contribution in [3.05, 3.63) is 53.9 Å². The van der Waals surface area contributed by atoms with Crippen LogP contribution >= 0.6 is 0 Å². The van der Waals surface area contributed by atoms with Crippen molar-refractivity contribution in [2.45, 2.75) is 51.5 Å². The van der Waals surface area contributed by atoms with Gasteiger partial charge in [-0.05, 0) is 48.9 Å². The van der Waals surface area contributed by atoms with Gasteiger partial charge in [-0.25, -0.2) is 4.79 Å². The number of piperidine rings is 1. The van der Waals surface area contributed by atoms with Crippen LogP contribution in [0.4, 0.5) is 5.69 Å². The number of carbonyl (C=O) groups is 3. The van der Waals surface area contributed by atoms with E-state index < -0.39 is 0 Å². The molecule has 1 aromatic carbocycles. The Labute approximate surface area is 195 Å². The number of benzene rings is 1. The van der Waals surface area contributed by atoms with Crippen molar-refractivity contribution in [2.75, 3.05) is 31.6 Å². The molecule has 7 nitrogen and oxygen atoms in total. The third-order valence-electron chi connectivity index (χ3n) is 7.19. The maximum Gasteiger partial charge on any atom is 0.354 e. The summed E-state index contributed by atoms with van der Waals surface area (Å²) in [6.07, 6.45) is 4.70. The average Bonchev–Trinajstić information content (AvgIpc) is 3.50. The number of hydrogen-bond donors (Lipinski definition) is 0. The summed E-state index contributed by atoms with van der Waals surface area (Å²) in [5, 5.41) is 0. The molecule has 2 amide bonds. The Morgan fingerprint density at radius 2 is 1.85 bits per heavy atom. The lowest BCUT2D eigenvalue weighted by Gasteiger charge is -2.34. The highest BCUT2D eigenvalue weighted by Gasteiger charge is 2.39. The molecule has 1 aromatic heterocycles. The summed E-state index contributed by atoms with van der Waals surface area (Å²) >= 11 is 0. The van der Waals surface area contributed by atoms with Gasteiger partial charge in [0.1, 0.15) is 5.69 Å². The summed E-state index contributed by atoms with van der Waals surface area (Å²) in [5.41, 5.74) is 2.64. The number of methoxy groups -OCH3 is 1. The molecule has 0 saturated carbocycles. The topological polar surface area (TPSA) is 71.8 Å². The van der Waals surface area contributed by atoms with Crippen LogP contribution in [0, 0.1) is 5.92 Å². The highest BCUT2D eigenvalue weighted by molar-refractivity contribution is 6.01. The van der Waals surface area contributed by atoms with Gasteiger partial charge < -0.3 is 19.1 Å². The summed E-state index contributed by atoms with van der Waals surface area (Å²) in [4.78, 5) is 41.9. The molecule has 0 spiro atoms. The number of likely N-dealkylation sites (tertiary alicyclic amines) is 1. The van der Waals surface area contributed by atoms with Crippen LogP contribution in [0.25, 0.3) is 0 Å². The first kappa shape index (κ1) is 23.1. The number of anilines is 1. The van der Waals surface area contributed by atoms with Gasteiger partial charge in [-0.15, -0.1) is 0 Å². The van der Waals surface area contributed by atoms with Crippen molar-refractivity contribution >= 4 is 23.5 Å². The van der Waals surface area contributed by atoms with Gasteiger partial charge in [0.2, 0.25) is 11.8 Å². The van der Waals surface area contributed by atoms with Gasteiger partial charge in [0.05, 0.1) is 13.0 Å². The molecule has 4 rings (SSSR count). The predicted molar refractivity (Wildman–Crippen MR) is 126 cm³/mol. The molecular weight excluding hydrogens is 418 g/mol. The van der Waals surface area contributed by atoms with E-state index >= 15 is 0 Å². The third kappa shape index (κ3) is 4.54. The van der Waals surface area contributed by atoms with E-state index in [1.54, 1.807) is 11.0 Å². The molecule has 2 unspecified atom stereocenters. The van der Waals surface area contributed by atoms with Crippen LogP contribution in [-0.2, 0) is 14.3 Å². The van der Waals surface area contributed by atoms with Crippen LogP contribution in [-0.4, -0.2) is 54.0 Å². The minimum atomic E-state index is -0.347. The molecule has 2 aliphatic heterocycles. The first-order chi connectivity index (χ1) is 15.9. The normalized spacial score (nSPS) is 20.2. The summed E-state index contributed by atoms with van der Waals surface area (Å²) in [5.74, 6) is -0.219. The van der Waals surface area contributed by atoms with Crippen LogP contribution in [0.15, 0.2) is 42.6 Å². The molecular formula is C26H33N3O4. The number of rotatable bonds is 6. The van der Waals surface area contributed by atoms with Gasteiger partial charge in [-0.3, -0.25) is 9.59 Å². The fourth-order valence-corrected chi connectivity index (χ4v) is 5.09. The zero-order valence-electron chi connectivity index (χ0n) is 19.7. The van der Waals surface area contributed by atoms with Crippen molar-refractivity contribution in [3.63, 3.8) is 0 Å². The molecule has 0 radical (unpaired) electrons. The van der Waals surface area contributed by atoms with Gasteiger partial charge in [-0.1, -0.05) is 32.0 Å². The molecule has 0 N–H and O–H groups in total. The Balaban J connectivity index is 1.40. The van der Waals surface area contributed by atoms with E-state index in [-0.39, 0.29) is 36.2 Å². The molecule has 3 heterocycles. The second-order valence-electron chi connectivity index (χ2n) is 9.12. The molecule has 33 heavy (non-hydrogen) atoms. The Morgan fingerprint density at radius 1 is 1.12 bits per heavy atom. The van der Waals surface area contributed by atoms with Crippen LogP contribution in [0.1, 0.15) is 67.5 Å². The standard InChI is InChI=1S/C26H33N3O4/c1-4-18(2)21-8-5-6-9-22(21)29-17-19(16-24(29)30)25(31)27-14-11-20(12-15-27)28-13-7-10-23(28)26(32)33-3/h5-10,13,18-20H,4,11-12,14-17H2,1-3H3. The molecule has 0 aliphatic carbocycles. The Bertz CT molecular complexity index is 1020. The van der Waals surface area contributed by atoms with Gasteiger partial charge >= 0.3 is 5.97 Å². The van der Waals surface area contributed by atoms with E-state index in [1.165, 1.54) is 7.11 Å². The van der Waals surface area contributed by atoms with E-state index in [9.17, 15) is 14.4 Å². The van der Waals surface area contributed by atoms with Gasteiger partial charge in [0.25, 0.3) is 0 Å². The van der Waals surface area contributed by atoms with Crippen LogP contribution in [0.3, 0.4) is 0 Å². The second kappa shape index (κ2) is 9.81. The molecule has 0 bridgehead atoms. The Kier molecular flexibility index (Phi) is 6.86. The maximum absolute atomic E-state index is 13.3. The lowest BCUT2D eigenvalue weighted by molar-refractivity contribution is -0.137. The lowest BCUT2D eigenvalue weighted by atomic mass is 9.96. The van der Waals surface area contributed by atoms with Crippen LogP contribution in [0.2, 0.25) is 0 Å². The largest absolute Gasteiger partial charge is 0.464 e. The van der Waals surface area contributed by atoms with Crippen LogP contribution < -0.4 is 4.90 Å². The quantitative estimate of drug-likeness (QED) is 0.623. The van der Waals surface area contributed by atoms with E-state index in [1.807, 2.05) is 39.9 Å². The number of hydrogen-bond acceptors (Lipinski definition) is 4. The highest BCUT2D eigenvalue weighted by Crippen LogP contribution is 2.34. The molecule has 2 fully saturated rings. The van der Waals surface area contributed by atoms with Gasteiger partial charge in [0.15, 0.2) is 0 Å². The van der Waals surface area contributed by atoms with E-state index in [4.69, 9.17) is 4.74 Å². The minimum Gasteiger partial charge on any atom is -0.464 e. The molecule has 7 heteroatoms. The summed E-state index contributed by atoms with van der Waals surface area (Å²) < 4.78 is 6.84. The fraction of sp³-hybridized carbons (Fsp3) is 0.500. The molecule has 2 saturated heterocycles. The first-order valence-corrected chi connectivity index (χ1v) is 11.9. The second-order valence-corrected chi connectivity index (χ2v) is 9.12. The van der Waals surface area contributed by atoms with Crippen molar-refractivity contribution < 1.29 is 19.1 Å². The Morgan fingerprint density at radius 3 is 2.55 bits per heavy atom. The Hall–Kier alpha value is -3.09. The zero-order valence-corrected chi connectivity index (χ0v) is 19.7. The number of amides is 2. The lowest BCUT2D eigenvalue weighted by Crippen LogP contribution is -2.43. The van der Waals surface area contributed by atoms with Crippen molar-refractivity contribution in [2.24, 2.45) is 5.92 Å². The summed E-state index contributed by atoms with van der Waals surface area (Å²) in [7, 11) is 1.38. The minimum absolute atomic E-state index is 0.0223. The van der Waals surface area contributed by atoms with Crippen LogP contribution in [0.5, 0.6) is 0 Å². The molecule has 176 valence electrons. The SMILES string of the molecule is CCC(C)c1ccccc1N1CC(C(=O)N2CCC(n3cccc3C(=O)OC)CC2)CC1=O. The fourth-order valence-electron chi connectivity index (χ4n) is 5.09. The number of carbonyl (C=O) groups excluding carboxylic acids is 3. The summed E-state index contributed by atoms with van der Waals surface area (Å²) in [6, 6.07) is 11.8.